The van der Waals surface area contributed by atoms with Gasteiger partial charge in [-0.2, -0.15) is 0 Å². The standard InChI is InChI=1S/C19H22FN3O3.ClH/c1-2-21-5-7-22(8-6-21)17-10-16-13(9-15(17)20)18(24)14(19(25)26)11-23(16)12-3-4-12;/h9-12H,2-8H2,1H3,(H,25,26);1H/i1D3,2D2;. The van der Waals surface area contributed by atoms with Crippen molar-refractivity contribution >= 4 is 35.0 Å². The van der Waals surface area contributed by atoms with Gasteiger partial charge in [0.1, 0.15) is 11.4 Å². The van der Waals surface area contributed by atoms with Crippen LogP contribution in [0.3, 0.4) is 0 Å². The highest BCUT2D eigenvalue weighted by Gasteiger charge is 2.28. The summed E-state index contributed by atoms with van der Waals surface area (Å²) in [5, 5.41) is 9.34. The Morgan fingerprint density at radius 2 is 2.04 bits per heavy atom. The summed E-state index contributed by atoms with van der Waals surface area (Å²) in [7, 11) is 0. The molecule has 6 nitrogen and oxygen atoms in total. The van der Waals surface area contributed by atoms with Crippen LogP contribution in [0.15, 0.2) is 23.1 Å². The average molecular weight is 401 g/mol. The molecule has 1 saturated carbocycles. The van der Waals surface area contributed by atoms with E-state index >= 15 is 0 Å². The van der Waals surface area contributed by atoms with Crippen LogP contribution in [0.5, 0.6) is 0 Å². The number of benzene rings is 1. The molecule has 0 amide bonds. The summed E-state index contributed by atoms with van der Waals surface area (Å²) in [4.78, 5) is 26.9. The van der Waals surface area contributed by atoms with E-state index < -0.39 is 36.1 Å². The largest absolute Gasteiger partial charge is 0.477 e. The van der Waals surface area contributed by atoms with Crippen molar-refractivity contribution < 1.29 is 21.1 Å². The molecular formula is C19H23ClFN3O3. The molecule has 0 bridgehead atoms. The minimum atomic E-state index is -2.80. The number of nitrogens with zero attached hydrogens (tertiary/aromatic N) is 3. The predicted molar refractivity (Wildman–Crippen MR) is 105 cm³/mol. The van der Waals surface area contributed by atoms with Crippen molar-refractivity contribution in [3.8, 4) is 0 Å². The molecule has 0 spiro atoms. The quantitative estimate of drug-likeness (QED) is 0.854. The Kier molecular flexibility index (Phi) is 3.87. The topological polar surface area (TPSA) is 65.8 Å². The first-order valence-electron chi connectivity index (χ1n) is 11.0. The average Bonchev–Trinajstić information content (AvgIpc) is 3.52. The number of carboxylic acids is 1. The smallest absolute Gasteiger partial charge is 0.341 e. The molecule has 146 valence electrons. The summed E-state index contributed by atoms with van der Waals surface area (Å²) >= 11 is 0. The van der Waals surface area contributed by atoms with E-state index in [1.54, 1.807) is 9.47 Å². The van der Waals surface area contributed by atoms with Crippen molar-refractivity contribution in [2.45, 2.75) is 25.7 Å². The van der Waals surface area contributed by atoms with Crippen LogP contribution in [-0.2, 0) is 0 Å². The summed E-state index contributed by atoms with van der Waals surface area (Å²) < 4.78 is 54.7. The van der Waals surface area contributed by atoms with Crippen molar-refractivity contribution in [3.05, 3.63) is 39.9 Å². The number of piperazine rings is 1. The fourth-order valence-electron chi connectivity index (χ4n) is 3.47. The van der Waals surface area contributed by atoms with Gasteiger partial charge in [-0.3, -0.25) is 4.79 Å². The van der Waals surface area contributed by atoms with Gasteiger partial charge in [0.15, 0.2) is 0 Å². The highest BCUT2D eigenvalue weighted by atomic mass is 35.5. The van der Waals surface area contributed by atoms with Gasteiger partial charge in [-0.25, -0.2) is 9.18 Å². The van der Waals surface area contributed by atoms with Crippen LogP contribution in [0.1, 0.15) is 42.9 Å². The number of anilines is 1. The van der Waals surface area contributed by atoms with E-state index in [4.69, 9.17) is 6.85 Å². The summed E-state index contributed by atoms with van der Waals surface area (Å²) in [6.07, 6.45) is 2.99. The minimum absolute atomic E-state index is 0. The molecule has 1 saturated heterocycles. The van der Waals surface area contributed by atoms with E-state index in [2.05, 4.69) is 0 Å². The monoisotopic (exact) mass is 400 g/mol. The molecule has 1 aromatic carbocycles. The number of rotatable bonds is 4. The maximum Gasteiger partial charge on any atom is 0.341 e. The van der Waals surface area contributed by atoms with E-state index in [1.165, 1.54) is 17.2 Å². The molecule has 0 unspecified atom stereocenters. The van der Waals surface area contributed by atoms with Crippen molar-refractivity contribution in [2.75, 3.05) is 37.6 Å². The van der Waals surface area contributed by atoms with Gasteiger partial charge in [0, 0.05) is 50.7 Å². The number of hydrogen-bond acceptors (Lipinski definition) is 4. The second-order valence-electron chi connectivity index (χ2n) is 6.72. The van der Waals surface area contributed by atoms with Crippen LogP contribution in [0.25, 0.3) is 10.9 Å². The van der Waals surface area contributed by atoms with Gasteiger partial charge < -0.3 is 19.5 Å². The Morgan fingerprint density at radius 1 is 1.33 bits per heavy atom. The highest BCUT2D eigenvalue weighted by Crippen LogP contribution is 2.38. The van der Waals surface area contributed by atoms with Crippen LogP contribution in [0.4, 0.5) is 10.1 Å². The molecule has 4 rings (SSSR count). The zero-order chi connectivity index (χ0) is 22.7. The highest BCUT2D eigenvalue weighted by molar-refractivity contribution is 5.93. The van der Waals surface area contributed by atoms with E-state index in [1.807, 2.05) is 0 Å². The zero-order valence-electron chi connectivity index (χ0n) is 19.4. The third kappa shape index (κ3) is 3.53. The van der Waals surface area contributed by atoms with Gasteiger partial charge in [-0.1, -0.05) is 6.85 Å². The molecule has 2 aliphatic rings. The predicted octanol–water partition coefficient (Wildman–Crippen LogP) is 2.74. The van der Waals surface area contributed by atoms with Gasteiger partial charge in [0.25, 0.3) is 0 Å². The zero-order valence-corrected chi connectivity index (χ0v) is 15.3. The minimum Gasteiger partial charge on any atom is -0.477 e. The number of aromatic carboxylic acids is 1. The van der Waals surface area contributed by atoms with Gasteiger partial charge in [0.2, 0.25) is 5.43 Å². The lowest BCUT2D eigenvalue weighted by molar-refractivity contribution is 0.0695. The summed E-state index contributed by atoms with van der Waals surface area (Å²) in [5.41, 5.74) is -0.458. The van der Waals surface area contributed by atoms with Crippen LogP contribution >= 0.6 is 12.4 Å². The fourth-order valence-corrected chi connectivity index (χ4v) is 3.47. The molecule has 8 heteroatoms. The third-order valence-corrected chi connectivity index (χ3v) is 5.05. The maximum atomic E-state index is 15.0. The molecule has 27 heavy (non-hydrogen) atoms. The number of aromatic nitrogens is 1. The molecular weight excluding hydrogens is 373 g/mol. The number of fused-ring (bicyclic) bond motifs is 1. The summed E-state index contributed by atoms with van der Waals surface area (Å²) in [6, 6.07) is 2.65. The van der Waals surface area contributed by atoms with E-state index in [0.29, 0.717) is 5.52 Å². The van der Waals surface area contributed by atoms with Gasteiger partial charge >= 0.3 is 5.97 Å². The normalized spacial score (nSPS) is 21.5. The number of hydrogen-bond donors (Lipinski definition) is 1. The number of halogens is 2. The van der Waals surface area contributed by atoms with Crippen molar-refractivity contribution in [3.63, 3.8) is 0 Å². The molecule has 1 aliphatic heterocycles. The Balaban J connectivity index is 0.00000289. The Labute approximate surface area is 169 Å². The van der Waals surface area contributed by atoms with Gasteiger partial charge in [0.05, 0.1) is 11.2 Å². The SMILES string of the molecule is Cl.[2H]C([2H])([2H])C([2H])([2H])N1CCN(c2cc3c(cc2F)c(=O)c(C(=O)O)cn3C2CC2)CC1. The number of carboxylic acid groups (broad SMARTS) is 1. The molecule has 2 aromatic rings. The maximum absolute atomic E-state index is 15.0. The molecule has 2 heterocycles. The van der Waals surface area contributed by atoms with Crippen LogP contribution in [-0.4, -0.2) is 53.2 Å². The summed E-state index contributed by atoms with van der Waals surface area (Å²) in [5.74, 6) is -2.03. The first-order chi connectivity index (χ1) is 14.4. The lowest BCUT2D eigenvalue weighted by Gasteiger charge is -2.35. The van der Waals surface area contributed by atoms with Crippen LogP contribution in [0.2, 0.25) is 0 Å². The Bertz CT molecular complexity index is 1110. The third-order valence-electron chi connectivity index (χ3n) is 5.05. The second kappa shape index (κ2) is 7.48. The molecule has 1 aliphatic carbocycles. The van der Waals surface area contributed by atoms with E-state index in [0.717, 1.165) is 18.9 Å². The lowest BCUT2D eigenvalue weighted by Crippen LogP contribution is -2.46. The molecule has 1 N–H and O–H groups in total. The number of carbonyl (C=O) groups is 1. The van der Waals surface area contributed by atoms with Crippen molar-refractivity contribution in [1.29, 1.82) is 0 Å². The molecule has 0 radical (unpaired) electrons. The Morgan fingerprint density at radius 3 is 2.63 bits per heavy atom. The van der Waals surface area contributed by atoms with E-state index in [9.17, 15) is 19.1 Å². The van der Waals surface area contributed by atoms with Crippen LogP contribution < -0.4 is 10.3 Å². The van der Waals surface area contributed by atoms with Crippen molar-refractivity contribution in [2.24, 2.45) is 0 Å². The fraction of sp³-hybridized carbons (Fsp3) is 0.474. The first kappa shape index (κ1) is 14.0. The van der Waals surface area contributed by atoms with Crippen LogP contribution in [0, 0.1) is 5.82 Å². The Hall–Kier alpha value is -2.12. The second-order valence-corrected chi connectivity index (χ2v) is 6.72. The number of pyridine rings is 1. The molecule has 0 atom stereocenters. The first-order valence-corrected chi connectivity index (χ1v) is 8.53. The summed E-state index contributed by atoms with van der Waals surface area (Å²) in [6.45, 7) is -4.68. The van der Waals surface area contributed by atoms with Crippen molar-refractivity contribution in [1.82, 2.24) is 9.47 Å². The lowest BCUT2D eigenvalue weighted by atomic mass is 10.1. The van der Waals surface area contributed by atoms with Gasteiger partial charge in [-0.05, 0) is 31.5 Å². The molecule has 2 fully saturated rings. The van der Waals surface area contributed by atoms with E-state index in [-0.39, 0.29) is 55.7 Å². The van der Waals surface area contributed by atoms with Gasteiger partial charge in [-0.15, -0.1) is 12.4 Å². The molecule has 1 aromatic heterocycles. The number of likely N-dealkylation sites (N-methyl/N-ethyl adjacent to an activating group) is 1.